The summed E-state index contributed by atoms with van der Waals surface area (Å²) in [7, 11) is 0. The zero-order chi connectivity index (χ0) is 16.4. The minimum atomic E-state index is -0.461. The van der Waals surface area contributed by atoms with Gasteiger partial charge in [-0.15, -0.1) is 0 Å². The quantitative estimate of drug-likeness (QED) is 0.679. The Morgan fingerprint density at radius 1 is 1.39 bits per heavy atom. The zero-order valence-electron chi connectivity index (χ0n) is 12.7. The van der Waals surface area contributed by atoms with E-state index in [4.69, 9.17) is 0 Å². The van der Waals surface area contributed by atoms with E-state index < -0.39 is 4.92 Å². The number of benzene rings is 1. The maximum Gasteiger partial charge on any atom is 0.294 e. The molecule has 1 fully saturated rings. The third kappa shape index (κ3) is 2.93. The van der Waals surface area contributed by atoms with E-state index in [-0.39, 0.29) is 23.3 Å². The van der Waals surface area contributed by atoms with Gasteiger partial charge in [0.15, 0.2) is 5.69 Å². The van der Waals surface area contributed by atoms with Gasteiger partial charge in [0, 0.05) is 37.9 Å². The van der Waals surface area contributed by atoms with E-state index >= 15 is 0 Å². The summed E-state index contributed by atoms with van der Waals surface area (Å²) < 4.78 is 1.37. The number of nitro benzene ring substituents is 1. The first kappa shape index (κ1) is 15.2. The van der Waals surface area contributed by atoms with Gasteiger partial charge in [-0.3, -0.25) is 14.9 Å². The summed E-state index contributed by atoms with van der Waals surface area (Å²) in [5, 5.41) is 18.6. The summed E-state index contributed by atoms with van der Waals surface area (Å²) in [5.41, 5.74) is 0.576. The van der Waals surface area contributed by atoms with Crippen LogP contribution in [0.5, 0.6) is 0 Å². The van der Waals surface area contributed by atoms with Gasteiger partial charge < -0.3 is 10.2 Å². The van der Waals surface area contributed by atoms with E-state index in [0.29, 0.717) is 12.2 Å². The van der Waals surface area contributed by atoms with Crippen LogP contribution in [0.4, 0.5) is 5.69 Å². The summed E-state index contributed by atoms with van der Waals surface area (Å²) in [5.74, 6) is -0.156. The van der Waals surface area contributed by atoms with E-state index in [2.05, 4.69) is 10.4 Å². The summed E-state index contributed by atoms with van der Waals surface area (Å²) in [6.45, 7) is 4.10. The molecule has 8 heteroatoms. The fourth-order valence-electron chi connectivity index (χ4n) is 2.67. The molecule has 1 aliphatic rings. The van der Waals surface area contributed by atoms with Crippen LogP contribution in [0.15, 0.2) is 36.5 Å². The number of para-hydroxylation sites is 2. The first-order chi connectivity index (χ1) is 11.1. The van der Waals surface area contributed by atoms with Gasteiger partial charge in [0.2, 0.25) is 0 Å². The number of aromatic nitrogens is 2. The highest BCUT2D eigenvalue weighted by Crippen LogP contribution is 2.22. The Morgan fingerprint density at radius 2 is 2.17 bits per heavy atom. The van der Waals surface area contributed by atoms with Crippen molar-refractivity contribution in [3.05, 3.63) is 52.3 Å². The van der Waals surface area contributed by atoms with Crippen molar-refractivity contribution in [2.45, 2.75) is 13.0 Å². The smallest absolute Gasteiger partial charge is 0.294 e. The molecule has 1 aliphatic heterocycles. The molecule has 2 heterocycles. The largest absolute Gasteiger partial charge is 0.332 e. The van der Waals surface area contributed by atoms with Crippen molar-refractivity contribution in [1.29, 1.82) is 0 Å². The zero-order valence-corrected chi connectivity index (χ0v) is 12.7. The lowest BCUT2D eigenvalue weighted by molar-refractivity contribution is -0.384. The summed E-state index contributed by atoms with van der Waals surface area (Å²) >= 11 is 0. The fourth-order valence-corrected chi connectivity index (χ4v) is 2.67. The molecule has 3 rings (SSSR count). The van der Waals surface area contributed by atoms with Gasteiger partial charge in [-0.25, -0.2) is 4.68 Å². The van der Waals surface area contributed by atoms with Gasteiger partial charge in [-0.1, -0.05) is 12.1 Å². The van der Waals surface area contributed by atoms with Gasteiger partial charge >= 0.3 is 0 Å². The van der Waals surface area contributed by atoms with Crippen molar-refractivity contribution in [2.24, 2.45) is 0 Å². The molecule has 1 aromatic heterocycles. The SMILES string of the molecule is CC1CNCCN1C(=O)c1ccn(-c2ccccc2[N+](=O)[O-])n1. The van der Waals surface area contributed by atoms with Crippen LogP contribution < -0.4 is 5.32 Å². The molecule has 0 aliphatic carbocycles. The highest BCUT2D eigenvalue weighted by Gasteiger charge is 2.26. The Labute approximate surface area is 132 Å². The third-order valence-electron chi connectivity index (χ3n) is 3.90. The van der Waals surface area contributed by atoms with E-state index in [0.717, 1.165) is 13.1 Å². The minimum Gasteiger partial charge on any atom is -0.332 e. The number of carbonyl (C=O) groups is 1. The molecule has 0 spiro atoms. The number of piperazine rings is 1. The molecule has 1 aromatic carbocycles. The van der Waals surface area contributed by atoms with E-state index in [1.165, 1.54) is 10.7 Å². The molecule has 1 saturated heterocycles. The number of carbonyl (C=O) groups excluding carboxylic acids is 1. The fraction of sp³-hybridized carbons (Fsp3) is 0.333. The lowest BCUT2D eigenvalue weighted by Crippen LogP contribution is -2.52. The normalized spacial score (nSPS) is 18.0. The van der Waals surface area contributed by atoms with Gasteiger partial charge in [-0.2, -0.15) is 5.10 Å². The van der Waals surface area contributed by atoms with Crippen LogP contribution in [0.1, 0.15) is 17.4 Å². The highest BCUT2D eigenvalue weighted by atomic mass is 16.6. The predicted octanol–water partition coefficient (Wildman–Crippen LogP) is 1.21. The Kier molecular flexibility index (Phi) is 4.07. The Hall–Kier alpha value is -2.74. The van der Waals surface area contributed by atoms with Crippen LogP contribution in [-0.4, -0.2) is 51.2 Å². The van der Waals surface area contributed by atoms with Crippen molar-refractivity contribution >= 4 is 11.6 Å². The lowest BCUT2D eigenvalue weighted by atomic mass is 10.2. The first-order valence-corrected chi connectivity index (χ1v) is 7.39. The number of nitrogens with one attached hydrogen (secondary N) is 1. The van der Waals surface area contributed by atoms with Crippen LogP contribution >= 0.6 is 0 Å². The van der Waals surface area contributed by atoms with Gasteiger partial charge in [0.05, 0.1) is 4.92 Å². The van der Waals surface area contributed by atoms with E-state index in [9.17, 15) is 14.9 Å². The molecular weight excluding hydrogens is 298 g/mol. The molecule has 8 nitrogen and oxygen atoms in total. The Morgan fingerprint density at radius 3 is 2.91 bits per heavy atom. The lowest BCUT2D eigenvalue weighted by Gasteiger charge is -2.33. The van der Waals surface area contributed by atoms with Crippen LogP contribution in [-0.2, 0) is 0 Å². The average Bonchev–Trinajstić information content (AvgIpc) is 3.04. The Balaban J connectivity index is 1.89. The molecule has 0 saturated carbocycles. The average molecular weight is 315 g/mol. The second-order valence-corrected chi connectivity index (χ2v) is 5.44. The molecular formula is C15H17N5O3. The molecule has 2 aromatic rings. The van der Waals surface area contributed by atoms with Crippen molar-refractivity contribution in [1.82, 2.24) is 20.0 Å². The van der Waals surface area contributed by atoms with Gasteiger partial charge in [-0.05, 0) is 19.1 Å². The third-order valence-corrected chi connectivity index (χ3v) is 3.90. The van der Waals surface area contributed by atoms with Crippen molar-refractivity contribution < 1.29 is 9.72 Å². The van der Waals surface area contributed by atoms with Crippen LogP contribution in [0.25, 0.3) is 5.69 Å². The summed E-state index contributed by atoms with van der Waals surface area (Å²) in [6.07, 6.45) is 1.57. The second kappa shape index (κ2) is 6.17. The maximum atomic E-state index is 12.6. The molecule has 1 amide bonds. The monoisotopic (exact) mass is 315 g/mol. The number of hydrogen-bond donors (Lipinski definition) is 1. The van der Waals surface area contributed by atoms with Crippen LogP contribution in [0.2, 0.25) is 0 Å². The number of hydrogen-bond acceptors (Lipinski definition) is 5. The van der Waals surface area contributed by atoms with Crippen molar-refractivity contribution in [3.8, 4) is 5.69 Å². The maximum absolute atomic E-state index is 12.6. The molecule has 1 unspecified atom stereocenters. The number of nitro groups is 1. The molecule has 1 atom stereocenters. The molecule has 120 valence electrons. The Bertz CT molecular complexity index is 742. The molecule has 1 N–H and O–H groups in total. The van der Waals surface area contributed by atoms with Gasteiger partial charge in [0.1, 0.15) is 5.69 Å². The van der Waals surface area contributed by atoms with E-state index in [1.54, 1.807) is 35.4 Å². The number of rotatable bonds is 3. The van der Waals surface area contributed by atoms with Crippen LogP contribution in [0, 0.1) is 10.1 Å². The summed E-state index contributed by atoms with van der Waals surface area (Å²) in [4.78, 5) is 25.0. The number of nitrogens with zero attached hydrogens (tertiary/aromatic N) is 4. The summed E-state index contributed by atoms with van der Waals surface area (Å²) in [6, 6.07) is 7.99. The minimum absolute atomic E-state index is 0.0508. The number of amides is 1. The van der Waals surface area contributed by atoms with E-state index in [1.807, 2.05) is 6.92 Å². The highest BCUT2D eigenvalue weighted by molar-refractivity contribution is 5.92. The standard InChI is InChI=1S/C15H17N5O3/c1-11-10-16-7-9-18(11)15(21)12-6-8-19(17-12)13-4-2-3-5-14(13)20(22)23/h2-6,8,11,16H,7,9-10H2,1H3. The van der Waals surface area contributed by atoms with Gasteiger partial charge in [0.25, 0.3) is 11.6 Å². The second-order valence-electron chi connectivity index (χ2n) is 5.44. The van der Waals surface area contributed by atoms with Crippen molar-refractivity contribution in [3.63, 3.8) is 0 Å². The molecule has 0 bridgehead atoms. The van der Waals surface area contributed by atoms with Crippen LogP contribution in [0.3, 0.4) is 0 Å². The van der Waals surface area contributed by atoms with Crippen molar-refractivity contribution in [2.75, 3.05) is 19.6 Å². The molecule has 23 heavy (non-hydrogen) atoms. The first-order valence-electron chi connectivity index (χ1n) is 7.39. The predicted molar refractivity (Wildman–Crippen MR) is 83.6 cm³/mol. The topological polar surface area (TPSA) is 93.3 Å². The molecule has 0 radical (unpaired) electrons.